The Balaban J connectivity index is 1.57. The number of carbonyl (C=O) groups excluding carboxylic acids is 1. The van der Waals surface area contributed by atoms with Gasteiger partial charge in [-0.25, -0.2) is 0 Å². The van der Waals surface area contributed by atoms with E-state index in [1.807, 2.05) is 60.7 Å². The van der Waals surface area contributed by atoms with E-state index in [0.717, 1.165) is 29.7 Å². The minimum absolute atomic E-state index is 0.0295. The fraction of sp³-hybridized carbons (Fsp3) is 0.211. The Hall–Kier alpha value is -2.55. The summed E-state index contributed by atoms with van der Waals surface area (Å²) in [5.74, 6) is 0.770. The Morgan fingerprint density at radius 2 is 1.95 bits per heavy atom. The lowest BCUT2D eigenvalue weighted by molar-refractivity contribution is -0.116. The zero-order valence-corrected chi connectivity index (χ0v) is 12.4. The molecule has 0 saturated heterocycles. The Morgan fingerprint density at radius 3 is 2.73 bits per heavy atom. The molecule has 1 aliphatic rings. The normalized spacial score (nSPS) is 14.0. The SMILES string of the molecule is O=C(/C=C/c1cccc(OCc2ccccc2)c1)NC1CC1. The van der Waals surface area contributed by atoms with Gasteiger partial charge >= 0.3 is 0 Å². The molecule has 1 amide bonds. The maximum atomic E-state index is 11.6. The number of hydrogen-bond donors (Lipinski definition) is 1. The highest BCUT2D eigenvalue weighted by atomic mass is 16.5. The third-order valence-electron chi connectivity index (χ3n) is 3.46. The van der Waals surface area contributed by atoms with E-state index in [0.29, 0.717) is 12.6 Å². The summed E-state index contributed by atoms with van der Waals surface area (Å²) in [7, 11) is 0. The predicted molar refractivity (Wildman–Crippen MR) is 87.4 cm³/mol. The number of nitrogens with one attached hydrogen (secondary N) is 1. The molecule has 0 unspecified atom stereocenters. The molecule has 3 rings (SSSR count). The van der Waals surface area contributed by atoms with Gasteiger partial charge in [0, 0.05) is 12.1 Å². The molecule has 3 heteroatoms. The Labute approximate surface area is 130 Å². The molecular formula is C19H19NO2. The van der Waals surface area contributed by atoms with Crippen LogP contribution in [0.2, 0.25) is 0 Å². The lowest BCUT2D eigenvalue weighted by atomic mass is 10.2. The standard InChI is InChI=1S/C19H19NO2/c21-19(20-17-10-11-17)12-9-15-7-4-8-18(13-15)22-14-16-5-2-1-3-6-16/h1-9,12-13,17H,10-11,14H2,(H,20,21)/b12-9+. The molecule has 0 atom stereocenters. The van der Waals surface area contributed by atoms with Crippen molar-refractivity contribution in [2.24, 2.45) is 0 Å². The van der Waals surface area contributed by atoms with E-state index < -0.39 is 0 Å². The second-order valence-electron chi connectivity index (χ2n) is 5.46. The summed E-state index contributed by atoms with van der Waals surface area (Å²) in [6, 6.07) is 18.2. The first-order valence-electron chi connectivity index (χ1n) is 7.55. The second kappa shape index (κ2) is 6.94. The van der Waals surface area contributed by atoms with Gasteiger partial charge in [0.25, 0.3) is 0 Å². The van der Waals surface area contributed by atoms with Crippen LogP contribution in [0.5, 0.6) is 5.75 Å². The van der Waals surface area contributed by atoms with Gasteiger partial charge in [0.2, 0.25) is 5.91 Å². The maximum Gasteiger partial charge on any atom is 0.244 e. The topological polar surface area (TPSA) is 38.3 Å². The van der Waals surface area contributed by atoms with Gasteiger partial charge < -0.3 is 10.1 Å². The van der Waals surface area contributed by atoms with Crippen LogP contribution in [-0.4, -0.2) is 11.9 Å². The molecule has 1 fully saturated rings. The number of rotatable bonds is 6. The summed E-state index contributed by atoms with van der Waals surface area (Å²) in [6.45, 7) is 0.538. The van der Waals surface area contributed by atoms with Crippen molar-refractivity contribution in [2.45, 2.75) is 25.5 Å². The van der Waals surface area contributed by atoms with Crippen LogP contribution in [0.1, 0.15) is 24.0 Å². The van der Waals surface area contributed by atoms with Crippen LogP contribution in [0.4, 0.5) is 0 Å². The van der Waals surface area contributed by atoms with Gasteiger partial charge in [0.05, 0.1) is 0 Å². The summed E-state index contributed by atoms with van der Waals surface area (Å²) in [4.78, 5) is 11.6. The molecular weight excluding hydrogens is 274 g/mol. The third kappa shape index (κ3) is 4.48. The van der Waals surface area contributed by atoms with Crippen molar-refractivity contribution in [1.29, 1.82) is 0 Å². The Bertz CT molecular complexity index is 660. The number of carbonyl (C=O) groups is 1. The molecule has 0 bridgehead atoms. The van der Waals surface area contributed by atoms with E-state index in [4.69, 9.17) is 4.74 Å². The summed E-state index contributed by atoms with van der Waals surface area (Å²) >= 11 is 0. The van der Waals surface area contributed by atoms with Gasteiger partial charge in [-0.1, -0.05) is 42.5 Å². The van der Waals surface area contributed by atoms with E-state index >= 15 is 0 Å². The molecule has 0 aliphatic heterocycles. The zero-order valence-electron chi connectivity index (χ0n) is 12.4. The molecule has 0 radical (unpaired) electrons. The zero-order chi connectivity index (χ0) is 15.2. The molecule has 2 aromatic rings. The van der Waals surface area contributed by atoms with Gasteiger partial charge in [-0.2, -0.15) is 0 Å². The molecule has 2 aromatic carbocycles. The summed E-state index contributed by atoms with van der Waals surface area (Å²) in [5, 5.41) is 2.93. The first-order valence-corrected chi connectivity index (χ1v) is 7.55. The minimum atomic E-state index is -0.0295. The van der Waals surface area contributed by atoms with E-state index in [2.05, 4.69) is 5.32 Å². The monoisotopic (exact) mass is 293 g/mol. The molecule has 1 aliphatic carbocycles. The van der Waals surface area contributed by atoms with Gasteiger partial charge in [0.15, 0.2) is 0 Å². The van der Waals surface area contributed by atoms with Crippen molar-refractivity contribution < 1.29 is 9.53 Å². The van der Waals surface area contributed by atoms with Crippen LogP contribution in [0.15, 0.2) is 60.7 Å². The third-order valence-corrected chi connectivity index (χ3v) is 3.46. The summed E-state index contributed by atoms with van der Waals surface area (Å²) in [6.07, 6.45) is 5.59. The fourth-order valence-corrected chi connectivity index (χ4v) is 2.10. The van der Waals surface area contributed by atoms with E-state index in [-0.39, 0.29) is 5.91 Å². The smallest absolute Gasteiger partial charge is 0.244 e. The van der Waals surface area contributed by atoms with Crippen molar-refractivity contribution >= 4 is 12.0 Å². The van der Waals surface area contributed by atoms with Gasteiger partial charge in [0.1, 0.15) is 12.4 Å². The highest BCUT2D eigenvalue weighted by molar-refractivity contribution is 5.92. The quantitative estimate of drug-likeness (QED) is 0.827. The molecule has 1 N–H and O–H groups in total. The van der Waals surface area contributed by atoms with Gasteiger partial charge in [-0.15, -0.1) is 0 Å². The van der Waals surface area contributed by atoms with Gasteiger partial charge in [-0.3, -0.25) is 4.79 Å². The predicted octanol–water partition coefficient (Wildman–Crippen LogP) is 3.56. The molecule has 1 saturated carbocycles. The number of amides is 1. The van der Waals surface area contributed by atoms with Crippen LogP contribution in [0.25, 0.3) is 6.08 Å². The number of benzene rings is 2. The maximum absolute atomic E-state index is 11.6. The lowest BCUT2D eigenvalue weighted by Gasteiger charge is -2.07. The van der Waals surface area contributed by atoms with Crippen molar-refractivity contribution in [3.63, 3.8) is 0 Å². The first-order chi connectivity index (χ1) is 10.8. The molecule has 0 aromatic heterocycles. The second-order valence-corrected chi connectivity index (χ2v) is 5.46. The van der Waals surface area contributed by atoms with E-state index in [1.165, 1.54) is 0 Å². The lowest BCUT2D eigenvalue weighted by Crippen LogP contribution is -2.22. The van der Waals surface area contributed by atoms with Crippen molar-refractivity contribution in [3.05, 3.63) is 71.8 Å². The summed E-state index contributed by atoms with van der Waals surface area (Å²) in [5.41, 5.74) is 2.09. The van der Waals surface area contributed by atoms with E-state index in [9.17, 15) is 4.79 Å². The highest BCUT2D eigenvalue weighted by Crippen LogP contribution is 2.19. The molecule has 3 nitrogen and oxygen atoms in total. The van der Waals surface area contributed by atoms with Crippen LogP contribution in [0.3, 0.4) is 0 Å². The summed E-state index contributed by atoms with van der Waals surface area (Å²) < 4.78 is 5.78. The van der Waals surface area contributed by atoms with Crippen LogP contribution < -0.4 is 10.1 Å². The van der Waals surface area contributed by atoms with E-state index in [1.54, 1.807) is 6.08 Å². The average molecular weight is 293 g/mol. The fourth-order valence-electron chi connectivity index (χ4n) is 2.10. The Morgan fingerprint density at radius 1 is 1.14 bits per heavy atom. The van der Waals surface area contributed by atoms with Crippen molar-refractivity contribution in [2.75, 3.05) is 0 Å². The molecule has 0 spiro atoms. The van der Waals surface area contributed by atoms with Gasteiger partial charge in [-0.05, 0) is 42.2 Å². The molecule has 22 heavy (non-hydrogen) atoms. The van der Waals surface area contributed by atoms with Crippen LogP contribution >= 0.6 is 0 Å². The minimum Gasteiger partial charge on any atom is -0.489 e. The Kier molecular flexibility index (Phi) is 4.54. The number of ether oxygens (including phenoxy) is 1. The average Bonchev–Trinajstić information content (AvgIpc) is 3.36. The largest absolute Gasteiger partial charge is 0.489 e. The molecule has 112 valence electrons. The van der Waals surface area contributed by atoms with Crippen molar-refractivity contribution in [3.8, 4) is 5.75 Å². The molecule has 0 heterocycles. The van der Waals surface area contributed by atoms with Crippen LogP contribution in [0, 0.1) is 0 Å². The number of hydrogen-bond acceptors (Lipinski definition) is 2. The van der Waals surface area contributed by atoms with Crippen molar-refractivity contribution in [1.82, 2.24) is 5.32 Å². The van der Waals surface area contributed by atoms with Crippen LogP contribution in [-0.2, 0) is 11.4 Å². The highest BCUT2D eigenvalue weighted by Gasteiger charge is 2.21. The first kappa shape index (κ1) is 14.4.